The molecular formula is C30H48N2O2. The Morgan fingerprint density at radius 1 is 0.912 bits per heavy atom. The van der Waals surface area contributed by atoms with Gasteiger partial charge in [-0.05, 0) is 116 Å². The number of aliphatic hydroxyl groups is 2. The molecule has 4 N–H and O–H groups in total. The molecule has 5 aliphatic rings. The van der Waals surface area contributed by atoms with Crippen molar-refractivity contribution in [1.82, 2.24) is 0 Å². The number of nitrogens with two attached hydrogens (primary N) is 1. The fourth-order valence-corrected chi connectivity index (χ4v) is 11.4. The fourth-order valence-electron chi connectivity index (χ4n) is 11.4. The van der Waals surface area contributed by atoms with Gasteiger partial charge in [-0.15, -0.1) is 0 Å². The van der Waals surface area contributed by atoms with Crippen molar-refractivity contribution in [3.8, 4) is 6.07 Å². The molecule has 0 spiro atoms. The normalized spacial score (nSPS) is 56.4. The molecule has 5 fully saturated rings. The van der Waals surface area contributed by atoms with Crippen LogP contribution in [0.5, 0.6) is 0 Å². The Hall–Kier alpha value is -0.890. The van der Waals surface area contributed by atoms with Crippen LogP contribution in [0.25, 0.3) is 0 Å². The first-order valence-electron chi connectivity index (χ1n) is 14.0. The topological polar surface area (TPSA) is 90.3 Å². The smallest absolute Gasteiger partial charge is 0.0693 e. The molecule has 5 rings (SSSR count). The van der Waals surface area contributed by atoms with E-state index in [1.807, 2.05) is 0 Å². The highest BCUT2D eigenvalue weighted by Crippen LogP contribution is 2.77. The molecule has 0 heterocycles. The van der Waals surface area contributed by atoms with Crippen molar-refractivity contribution in [2.45, 2.75) is 97.9 Å². The first-order valence-corrected chi connectivity index (χ1v) is 14.0. The van der Waals surface area contributed by atoms with Gasteiger partial charge in [-0.1, -0.05) is 34.3 Å². The molecule has 0 aliphatic heterocycles. The highest BCUT2D eigenvalue weighted by molar-refractivity contribution is 5.25. The average Bonchev–Trinajstić information content (AvgIpc) is 3.22. The molecule has 0 aromatic heterocycles. The predicted molar refractivity (Wildman–Crippen MR) is 135 cm³/mol. The Morgan fingerprint density at radius 2 is 1.65 bits per heavy atom. The van der Waals surface area contributed by atoms with E-state index in [-0.39, 0.29) is 52.2 Å². The molecule has 0 aromatic carbocycles. The molecule has 190 valence electrons. The summed E-state index contributed by atoms with van der Waals surface area (Å²) < 4.78 is 0. The van der Waals surface area contributed by atoms with Crippen LogP contribution >= 0.6 is 0 Å². The number of fused-ring (bicyclic) bond motifs is 7. The molecule has 5 saturated carbocycles. The summed E-state index contributed by atoms with van der Waals surface area (Å²) in [6.07, 6.45) is 11.1. The minimum Gasteiger partial charge on any atom is -0.396 e. The highest BCUT2D eigenvalue weighted by atomic mass is 16.3. The summed E-state index contributed by atoms with van der Waals surface area (Å²) in [6.45, 7) is 14.5. The van der Waals surface area contributed by atoms with E-state index in [0.717, 1.165) is 44.1 Å². The molecule has 0 saturated heterocycles. The largest absolute Gasteiger partial charge is 0.396 e. The zero-order chi connectivity index (χ0) is 24.7. The van der Waals surface area contributed by atoms with Gasteiger partial charge in [0.05, 0.1) is 24.7 Å². The Kier molecular flexibility index (Phi) is 5.69. The molecule has 0 aromatic rings. The molecule has 4 nitrogen and oxygen atoms in total. The Bertz CT molecular complexity index is 897. The molecule has 4 heteroatoms. The zero-order valence-corrected chi connectivity index (χ0v) is 22.1. The van der Waals surface area contributed by atoms with Gasteiger partial charge in [0.2, 0.25) is 0 Å². The maximum atomic E-state index is 10.5. The third-order valence-corrected chi connectivity index (χ3v) is 13.6. The van der Waals surface area contributed by atoms with E-state index in [0.29, 0.717) is 23.7 Å². The van der Waals surface area contributed by atoms with Crippen LogP contribution in [-0.2, 0) is 0 Å². The maximum absolute atomic E-state index is 10.5. The van der Waals surface area contributed by atoms with Crippen molar-refractivity contribution in [2.75, 3.05) is 13.2 Å². The quantitative estimate of drug-likeness (QED) is 0.481. The van der Waals surface area contributed by atoms with Crippen LogP contribution in [0.2, 0.25) is 0 Å². The van der Waals surface area contributed by atoms with Gasteiger partial charge in [-0.3, -0.25) is 0 Å². The van der Waals surface area contributed by atoms with Crippen molar-refractivity contribution in [2.24, 2.45) is 62.4 Å². The van der Waals surface area contributed by atoms with Gasteiger partial charge in [0.25, 0.3) is 0 Å². The van der Waals surface area contributed by atoms with Crippen molar-refractivity contribution in [1.29, 1.82) is 5.26 Å². The Morgan fingerprint density at radius 3 is 2.29 bits per heavy atom. The van der Waals surface area contributed by atoms with E-state index in [1.54, 1.807) is 0 Å². The lowest BCUT2D eigenvalue weighted by Gasteiger charge is -2.72. The summed E-state index contributed by atoms with van der Waals surface area (Å²) >= 11 is 0. The fraction of sp³-hybridized carbons (Fsp3) is 0.900. The van der Waals surface area contributed by atoms with Gasteiger partial charge in [0.15, 0.2) is 0 Å². The summed E-state index contributed by atoms with van der Waals surface area (Å²) in [5.74, 6) is 2.25. The van der Waals surface area contributed by atoms with E-state index in [9.17, 15) is 15.5 Å². The van der Waals surface area contributed by atoms with Gasteiger partial charge in [0.1, 0.15) is 0 Å². The third kappa shape index (κ3) is 2.81. The van der Waals surface area contributed by atoms with Gasteiger partial charge in [-0.25, -0.2) is 0 Å². The number of nitriles is 1. The van der Waals surface area contributed by atoms with Crippen LogP contribution in [-0.4, -0.2) is 29.5 Å². The van der Waals surface area contributed by atoms with Crippen LogP contribution < -0.4 is 5.73 Å². The van der Waals surface area contributed by atoms with Crippen LogP contribution in [0.4, 0.5) is 0 Å². The van der Waals surface area contributed by atoms with Gasteiger partial charge >= 0.3 is 0 Å². The van der Waals surface area contributed by atoms with Crippen LogP contribution in [0.3, 0.4) is 0 Å². The van der Waals surface area contributed by atoms with E-state index in [4.69, 9.17) is 5.73 Å². The number of aliphatic hydroxyl groups excluding tert-OH is 2. The molecule has 0 radical (unpaired) electrons. The lowest BCUT2D eigenvalue weighted by atomic mass is 9.32. The zero-order valence-electron chi connectivity index (χ0n) is 22.1. The molecular weight excluding hydrogens is 420 g/mol. The molecule has 34 heavy (non-hydrogen) atoms. The second-order valence-electron chi connectivity index (χ2n) is 14.2. The lowest BCUT2D eigenvalue weighted by Crippen LogP contribution is -2.68. The second kappa shape index (κ2) is 7.80. The van der Waals surface area contributed by atoms with E-state index < -0.39 is 0 Å². The SMILES string of the molecule is C=C(CO)C1CCC2(C#N)CCC3(C)C(CCC4C5(C)CCC(N)C(C)(CO)C5CCC43C)C12. The summed E-state index contributed by atoms with van der Waals surface area (Å²) in [5, 5.41) is 30.9. The third-order valence-electron chi connectivity index (χ3n) is 13.6. The average molecular weight is 469 g/mol. The predicted octanol–water partition coefficient (Wildman–Crippen LogP) is 5.44. The summed E-state index contributed by atoms with van der Waals surface area (Å²) in [6, 6.07) is 2.92. The van der Waals surface area contributed by atoms with Crippen LogP contribution in [0.15, 0.2) is 12.2 Å². The molecule has 5 aliphatic carbocycles. The van der Waals surface area contributed by atoms with Crippen molar-refractivity contribution < 1.29 is 10.2 Å². The maximum Gasteiger partial charge on any atom is 0.0693 e. The molecule has 0 amide bonds. The Balaban J connectivity index is 1.55. The van der Waals surface area contributed by atoms with Crippen molar-refractivity contribution in [3.05, 3.63) is 12.2 Å². The number of hydrogen-bond donors (Lipinski definition) is 3. The van der Waals surface area contributed by atoms with Crippen LogP contribution in [0.1, 0.15) is 91.9 Å². The van der Waals surface area contributed by atoms with E-state index in [1.165, 1.54) is 25.7 Å². The van der Waals surface area contributed by atoms with Crippen molar-refractivity contribution >= 4 is 0 Å². The number of nitrogens with zero attached hydrogens (tertiary/aromatic N) is 1. The second-order valence-corrected chi connectivity index (χ2v) is 14.2. The van der Waals surface area contributed by atoms with Gasteiger partial charge < -0.3 is 15.9 Å². The minimum atomic E-state index is -0.232. The van der Waals surface area contributed by atoms with Crippen LogP contribution in [0, 0.1) is 68.0 Å². The first kappa shape index (κ1) is 24.8. The molecule has 11 unspecified atom stereocenters. The highest BCUT2D eigenvalue weighted by Gasteiger charge is 2.71. The standard InChI is InChI=1S/C30H48N2O2/c1-19(16-33)20-8-13-30(17-31)15-14-28(4)21(25(20)30)6-7-23-26(2)11-10-24(32)27(3,18-34)22(26)9-12-29(23,28)5/h20-25,33-34H,1,6-16,18,32H2,2-5H3. The molecule has 0 bridgehead atoms. The van der Waals surface area contributed by atoms with Gasteiger partial charge in [0, 0.05) is 11.5 Å². The molecule has 11 atom stereocenters. The Labute approximate surface area is 207 Å². The van der Waals surface area contributed by atoms with E-state index >= 15 is 0 Å². The minimum absolute atomic E-state index is 0.0474. The summed E-state index contributed by atoms with van der Waals surface area (Å²) in [4.78, 5) is 0. The number of rotatable bonds is 3. The summed E-state index contributed by atoms with van der Waals surface area (Å²) in [7, 11) is 0. The monoisotopic (exact) mass is 468 g/mol. The lowest BCUT2D eigenvalue weighted by molar-refractivity contribution is -0.239. The first-order chi connectivity index (χ1) is 16.0. The number of hydrogen-bond acceptors (Lipinski definition) is 4. The van der Waals surface area contributed by atoms with Gasteiger partial charge in [-0.2, -0.15) is 5.26 Å². The van der Waals surface area contributed by atoms with Crippen molar-refractivity contribution in [3.63, 3.8) is 0 Å². The summed E-state index contributed by atoms with van der Waals surface area (Å²) in [5.41, 5.74) is 7.82. The van der Waals surface area contributed by atoms with E-state index in [2.05, 4.69) is 40.3 Å².